The van der Waals surface area contributed by atoms with Crippen molar-refractivity contribution in [2.45, 2.75) is 27.2 Å². The molecule has 0 aromatic carbocycles. The highest BCUT2D eigenvalue weighted by Gasteiger charge is 2.21. The van der Waals surface area contributed by atoms with Crippen LogP contribution in [0.15, 0.2) is 0 Å². The molecular formula is C12H21N3O2. The highest BCUT2D eigenvalue weighted by Crippen LogP contribution is 2.04. The van der Waals surface area contributed by atoms with Gasteiger partial charge < -0.3 is 10.2 Å². The number of rotatable bonds is 6. The summed E-state index contributed by atoms with van der Waals surface area (Å²) < 4.78 is 0. The van der Waals surface area contributed by atoms with E-state index in [9.17, 15) is 9.59 Å². The summed E-state index contributed by atoms with van der Waals surface area (Å²) in [7, 11) is 1.54. The van der Waals surface area contributed by atoms with E-state index in [0.29, 0.717) is 18.9 Å². The predicted octanol–water partition coefficient (Wildman–Crippen LogP) is 0.767. The van der Waals surface area contributed by atoms with E-state index < -0.39 is 5.92 Å². The minimum atomic E-state index is -0.655. The summed E-state index contributed by atoms with van der Waals surface area (Å²) >= 11 is 0. The second-order valence-electron chi connectivity index (χ2n) is 4.48. The van der Waals surface area contributed by atoms with Crippen LogP contribution in [0.1, 0.15) is 27.2 Å². The van der Waals surface area contributed by atoms with Crippen molar-refractivity contribution in [3.8, 4) is 6.07 Å². The van der Waals surface area contributed by atoms with Crippen molar-refractivity contribution in [2.75, 3.05) is 20.1 Å². The third kappa shape index (κ3) is 5.91. The summed E-state index contributed by atoms with van der Waals surface area (Å²) in [4.78, 5) is 24.5. The molecule has 0 heterocycles. The van der Waals surface area contributed by atoms with E-state index in [1.807, 2.05) is 19.9 Å². The molecule has 17 heavy (non-hydrogen) atoms. The first-order chi connectivity index (χ1) is 7.92. The average Bonchev–Trinajstić information content (AvgIpc) is 2.27. The second kappa shape index (κ2) is 7.66. The molecule has 1 unspecified atom stereocenters. The fraction of sp³-hybridized carbons (Fsp3) is 0.750. The Labute approximate surface area is 103 Å². The molecule has 0 aromatic heterocycles. The molecule has 0 aromatic rings. The minimum Gasteiger partial charge on any atom is -0.354 e. The van der Waals surface area contributed by atoms with Gasteiger partial charge in [-0.3, -0.25) is 9.59 Å². The Hall–Kier alpha value is -1.57. The Balaban J connectivity index is 4.16. The van der Waals surface area contributed by atoms with E-state index in [4.69, 9.17) is 5.26 Å². The molecule has 2 amide bonds. The van der Waals surface area contributed by atoms with Crippen LogP contribution in [-0.4, -0.2) is 36.9 Å². The van der Waals surface area contributed by atoms with Crippen molar-refractivity contribution in [2.24, 2.45) is 11.8 Å². The molecule has 0 aliphatic carbocycles. The Morgan fingerprint density at radius 2 is 2.00 bits per heavy atom. The van der Waals surface area contributed by atoms with Crippen molar-refractivity contribution in [1.29, 1.82) is 5.26 Å². The fourth-order valence-electron chi connectivity index (χ4n) is 1.25. The molecule has 0 spiro atoms. The van der Waals surface area contributed by atoms with Crippen molar-refractivity contribution in [3.05, 3.63) is 0 Å². The Morgan fingerprint density at radius 3 is 2.41 bits per heavy atom. The number of carbonyl (C=O) groups is 2. The van der Waals surface area contributed by atoms with Gasteiger partial charge in [-0.25, -0.2) is 0 Å². The summed E-state index contributed by atoms with van der Waals surface area (Å²) in [6.07, 6.45) is 0.466. The van der Waals surface area contributed by atoms with Crippen LogP contribution < -0.4 is 5.32 Å². The van der Waals surface area contributed by atoms with Crippen molar-refractivity contribution in [3.63, 3.8) is 0 Å². The van der Waals surface area contributed by atoms with E-state index in [2.05, 4.69) is 5.32 Å². The molecule has 0 radical (unpaired) electrons. The Bertz CT molecular complexity index is 307. The molecule has 5 heteroatoms. The maximum Gasteiger partial charge on any atom is 0.240 e. The molecule has 0 bridgehead atoms. The molecular weight excluding hydrogens is 218 g/mol. The number of hydrogen-bond donors (Lipinski definition) is 1. The first-order valence-corrected chi connectivity index (χ1v) is 5.83. The van der Waals surface area contributed by atoms with Gasteiger partial charge in [0.25, 0.3) is 0 Å². The number of nitrogens with zero attached hydrogens (tertiary/aromatic N) is 2. The molecule has 0 saturated heterocycles. The summed E-state index contributed by atoms with van der Waals surface area (Å²) in [5, 5.41) is 11.5. The van der Waals surface area contributed by atoms with E-state index in [1.54, 1.807) is 6.92 Å². The minimum absolute atomic E-state index is 0.00370. The van der Waals surface area contributed by atoms with Crippen LogP contribution in [0.3, 0.4) is 0 Å². The average molecular weight is 239 g/mol. The monoisotopic (exact) mass is 239 g/mol. The first kappa shape index (κ1) is 15.4. The second-order valence-corrected chi connectivity index (χ2v) is 4.48. The van der Waals surface area contributed by atoms with Gasteiger partial charge in [0.1, 0.15) is 5.92 Å². The third-order valence-corrected chi connectivity index (χ3v) is 2.33. The normalized spacial score (nSPS) is 11.8. The predicted molar refractivity (Wildman–Crippen MR) is 64.9 cm³/mol. The number of carbonyl (C=O) groups excluding carboxylic acids is 2. The molecule has 1 N–H and O–H groups in total. The molecule has 5 nitrogen and oxygen atoms in total. The number of amides is 2. The molecule has 0 rings (SSSR count). The maximum absolute atomic E-state index is 11.7. The van der Waals surface area contributed by atoms with Crippen molar-refractivity contribution < 1.29 is 9.59 Å². The number of hydrogen-bond acceptors (Lipinski definition) is 3. The summed E-state index contributed by atoms with van der Waals surface area (Å²) in [6, 6.07) is 1.93. The van der Waals surface area contributed by atoms with Crippen LogP contribution in [0.25, 0.3) is 0 Å². The van der Waals surface area contributed by atoms with E-state index in [1.165, 1.54) is 11.9 Å². The lowest BCUT2D eigenvalue weighted by atomic mass is 10.1. The highest BCUT2D eigenvalue weighted by molar-refractivity contribution is 5.86. The van der Waals surface area contributed by atoms with Crippen LogP contribution in [0.4, 0.5) is 0 Å². The fourth-order valence-corrected chi connectivity index (χ4v) is 1.25. The van der Waals surface area contributed by atoms with Gasteiger partial charge in [-0.1, -0.05) is 20.8 Å². The first-order valence-electron chi connectivity index (χ1n) is 5.83. The Kier molecular flexibility index (Phi) is 6.95. The standard InChI is InChI=1S/C12H21N3O2/c1-5-10(6-13)12(17)15(4)8-11(16)14-7-9(2)3/h9-10H,5,7-8H2,1-4H3,(H,14,16). The SMILES string of the molecule is CCC(C#N)C(=O)N(C)CC(=O)NCC(C)C. The number of nitriles is 1. The topological polar surface area (TPSA) is 73.2 Å². The van der Waals surface area contributed by atoms with Gasteiger partial charge in [0.05, 0.1) is 12.6 Å². The summed E-state index contributed by atoms with van der Waals surface area (Å²) in [5.41, 5.74) is 0. The summed E-state index contributed by atoms with van der Waals surface area (Å²) in [6.45, 7) is 6.37. The van der Waals surface area contributed by atoms with Crippen LogP contribution >= 0.6 is 0 Å². The van der Waals surface area contributed by atoms with Gasteiger partial charge in [-0.15, -0.1) is 0 Å². The van der Waals surface area contributed by atoms with Crippen molar-refractivity contribution in [1.82, 2.24) is 10.2 Å². The van der Waals surface area contributed by atoms with Gasteiger partial charge in [-0.2, -0.15) is 5.26 Å². The third-order valence-electron chi connectivity index (χ3n) is 2.33. The van der Waals surface area contributed by atoms with E-state index in [0.717, 1.165) is 0 Å². The van der Waals surface area contributed by atoms with E-state index >= 15 is 0 Å². The zero-order chi connectivity index (χ0) is 13.4. The highest BCUT2D eigenvalue weighted by atomic mass is 16.2. The zero-order valence-corrected chi connectivity index (χ0v) is 11.0. The Morgan fingerprint density at radius 1 is 1.41 bits per heavy atom. The number of nitrogens with one attached hydrogen (secondary N) is 1. The van der Waals surface area contributed by atoms with Gasteiger partial charge in [0, 0.05) is 13.6 Å². The van der Waals surface area contributed by atoms with Gasteiger partial charge in [0.15, 0.2) is 0 Å². The van der Waals surface area contributed by atoms with Crippen LogP contribution in [0, 0.1) is 23.2 Å². The van der Waals surface area contributed by atoms with Gasteiger partial charge >= 0.3 is 0 Å². The van der Waals surface area contributed by atoms with Gasteiger partial charge in [-0.05, 0) is 12.3 Å². The van der Waals surface area contributed by atoms with Gasteiger partial charge in [0.2, 0.25) is 11.8 Å². The number of likely N-dealkylation sites (N-methyl/N-ethyl adjacent to an activating group) is 1. The van der Waals surface area contributed by atoms with Crippen molar-refractivity contribution >= 4 is 11.8 Å². The lowest BCUT2D eigenvalue weighted by Gasteiger charge is -2.19. The van der Waals surface area contributed by atoms with Crippen LogP contribution in [0.2, 0.25) is 0 Å². The molecule has 0 aliphatic rings. The quantitative estimate of drug-likeness (QED) is 0.744. The smallest absolute Gasteiger partial charge is 0.240 e. The largest absolute Gasteiger partial charge is 0.354 e. The molecule has 0 saturated carbocycles. The lowest BCUT2D eigenvalue weighted by molar-refractivity contribution is -0.136. The van der Waals surface area contributed by atoms with Crippen LogP contribution in [0.5, 0.6) is 0 Å². The lowest BCUT2D eigenvalue weighted by Crippen LogP contribution is -2.41. The zero-order valence-electron chi connectivity index (χ0n) is 11.0. The van der Waals surface area contributed by atoms with Crippen LogP contribution in [-0.2, 0) is 9.59 Å². The maximum atomic E-state index is 11.7. The van der Waals surface area contributed by atoms with E-state index in [-0.39, 0.29) is 18.4 Å². The molecule has 96 valence electrons. The molecule has 0 fully saturated rings. The summed E-state index contributed by atoms with van der Waals surface area (Å²) in [5.74, 6) is -0.766. The molecule has 0 aliphatic heterocycles. The molecule has 1 atom stereocenters.